The van der Waals surface area contributed by atoms with Gasteiger partial charge >= 0.3 is 0 Å². The number of anilines is 1. The molecule has 0 radical (unpaired) electrons. The number of hydrogen-bond donors (Lipinski definition) is 1. The van der Waals surface area contributed by atoms with Gasteiger partial charge in [-0.2, -0.15) is 4.98 Å². The Balaban J connectivity index is 1.52. The van der Waals surface area contributed by atoms with Crippen LogP contribution in [0, 0.1) is 0 Å². The number of nitrogens with one attached hydrogen (secondary N) is 1. The molecule has 1 unspecified atom stereocenters. The van der Waals surface area contributed by atoms with Gasteiger partial charge in [-0.3, -0.25) is 9.78 Å². The van der Waals surface area contributed by atoms with Gasteiger partial charge in [-0.15, -0.1) is 5.10 Å². The zero-order chi connectivity index (χ0) is 25.4. The quantitative estimate of drug-likeness (QED) is 0.426. The highest BCUT2D eigenvalue weighted by atomic mass is 19.3. The van der Waals surface area contributed by atoms with Crippen molar-refractivity contribution in [1.82, 2.24) is 24.5 Å². The Morgan fingerprint density at radius 3 is 2.89 bits per heavy atom. The van der Waals surface area contributed by atoms with Crippen LogP contribution in [0.2, 0.25) is 0 Å². The van der Waals surface area contributed by atoms with Crippen molar-refractivity contribution in [2.75, 3.05) is 25.0 Å². The minimum atomic E-state index is -2.70. The van der Waals surface area contributed by atoms with E-state index >= 15 is 4.39 Å². The number of pyridine rings is 1. The molecule has 188 valence electrons. The summed E-state index contributed by atoms with van der Waals surface area (Å²) >= 11 is 0. The molecule has 8 nitrogen and oxygen atoms in total. The van der Waals surface area contributed by atoms with Crippen molar-refractivity contribution < 1.29 is 22.7 Å². The summed E-state index contributed by atoms with van der Waals surface area (Å²) in [6.07, 6.45) is 1.02. The maximum atomic E-state index is 15.4. The SMILES string of the molecule is CC(=O)N1CC[C@@H](Nc2nc(OCC(F)F)c3c(-c4ccc5ncccc5c4)ccn3n2)C(C)(F)C1. The molecule has 11 heteroatoms. The van der Waals surface area contributed by atoms with E-state index < -0.39 is 24.7 Å². The van der Waals surface area contributed by atoms with Gasteiger partial charge in [0.15, 0.2) is 6.61 Å². The first-order valence-electron chi connectivity index (χ1n) is 11.6. The molecule has 1 aliphatic heterocycles. The van der Waals surface area contributed by atoms with Gasteiger partial charge in [0.05, 0.1) is 18.1 Å². The van der Waals surface area contributed by atoms with Gasteiger partial charge in [0.25, 0.3) is 6.43 Å². The normalized spacial score (nSPS) is 20.3. The molecular formula is C25H25F3N6O2. The lowest BCUT2D eigenvalue weighted by Crippen LogP contribution is -2.56. The Bertz CT molecular complexity index is 1420. The number of alkyl halides is 3. The van der Waals surface area contributed by atoms with E-state index in [-0.39, 0.29) is 24.3 Å². The van der Waals surface area contributed by atoms with Gasteiger partial charge in [-0.25, -0.2) is 17.7 Å². The fourth-order valence-corrected chi connectivity index (χ4v) is 4.57. The molecule has 3 aromatic heterocycles. The highest BCUT2D eigenvalue weighted by Gasteiger charge is 2.41. The van der Waals surface area contributed by atoms with Crippen LogP contribution in [-0.4, -0.2) is 68.2 Å². The zero-order valence-electron chi connectivity index (χ0n) is 19.8. The lowest BCUT2D eigenvalue weighted by Gasteiger charge is -2.41. The average molecular weight is 499 g/mol. The summed E-state index contributed by atoms with van der Waals surface area (Å²) in [5, 5.41) is 8.36. The Labute approximate surface area is 205 Å². The first kappa shape index (κ1) is 23.8. The number of halogens is 3. The molecule has 2 atom stereocenters. The Morgan fingerprint density at radius 1 is 1.31 bits per heavy atom. The van der Waals surface area contributed by atoms with Crippen molar-refractivity contribution in [3.63, 3.8) is 0 Å². The topological polar surface area (TPSA) is 84.7 Å². The highest BCUT2D eigenvalue weighted by molar-refractivity contribution is 5.90. The van der Waals surface area contributed by atoms with E-state index in [9.17, 15) is 13.6 Å². The van der Waals surface area contributed by atoms with Gasteiger partial charge in [0.1, 0.15) is 11.2 Å². The summed E-state index contributed by atoms with van der Waals surface area (Å²) in [4.78, 5) is 21.8. The maximum absolute atomic E-state index is 15.4. The summed E-state index contributed by atoms with van der Waals surface area (Å²) in [5.74, 6) is -0.190. The third-order valence-electron chi connectivity index (χ3n) is 6.40. The van der Waals surface area contributed by atoms with Gasteiger partial charge in [-0.1, -0.05) is 12.1 Å². The van der Waals surface area contributed by atoms with Crippen LogP contribution in [0.5, 0.6) is 5.88 Å². The molecule has 0 aliphatic carbocycles. The third kappa shape index (κ3) is 4.65. The third-order valence-corrected chi connectivity index (χ3v) is 6.40. The molecule has 0 saturated carbocycles. The van der Waals surface area contributed by atoms with Crippen molar-refractivity contribution >= 4 is 28.3 Å². The van der Waals surface area contributed by atoms with Gasteiger partial charge < -0.3 is 15.0 Å². The number of benzene rings is 1. The van der Waals surface area contributed by atoms with E-state index in [0.717, 1.165) is 16.5 Å². The number of ether oxygens (including phenoxy) is 1. The monoisotopic (exact) mass is 498 g/mol. The van der Waals surface area contributed by atoms with Crippen LogP contribution in [-0.2, 0) is 4.79 Å². The number of carbonyl (C=O) groups excluding carboxylic acids is 1. The average Bonchev–Trinajstić information content (AvgIpc) is 3.27. The van der Waals surface area contributed by atoms with E-state index in [1.165, 1.54) is 23.3 Å². The number of aromatic nitrogens is 4. The van der Waals surface area contributed by atoms with E-state index in [0.29, 0.717) is 24.0 Å². The smallest absolute Gasteiger partial charge is 0.272 e. The summed E-state index contributed by atoms with van der Waals surface area (Å²) in [7, 11) is 0. The molecular weight excluding hydrogens is 473 g/mol. The van der Waals surface area contributed by atoms with Crippen LogP contribution in [0.4, 0.5) is 19.1 Å². The summed E-state index contributed by atoms with van der Waals surface area (Å²) in [6.45, 7) is 2.28. The van der Waals surface area contributed by atoms with Crippen molar-refractivity contribution in [3.05, 3.63) is 48.8 Å². The van der Waals surface area contributed by atoms with Crippen molar-refractivity contribution in [3.8, 4) is 17.0 Å². The minimum Gasteiger partial charge on any atom is -0.470 e. The van der Waals surface area contributed by atoms with Crippen LogP contribution < -0.4 is 10.1 Å². The first-order chi connectivity index (χ1) is 17.2. The van der Waals surface area contributed by atoms with Gasteiger partial charge in [-0.05, 0) is 43.2 Å². The fourth-order valence-electron chi connectivity index (χ4n) is 4.57. The van der Waals surface area contributed by atoms with Crippen LogP contribution in [0.3, 0.4) is 0 Å². The number of fused-ring (bicyclic) bond motifs is 2. The largest absolute Gasteiger partial charge is 0.470 e. The molecule has 0 bridgehead atoms. The second-order valence-electron chi connectivity index (χ2n) is 9.08. The lowest BCUT2D eigenvalue weighted by atomic mass is 9.91. The standard InChI is InChI=1S/C25H25F3N6O2/c1-15(35)33-10-8-20(25(2,28)14-33)30-24-31-23(36-13-21(26)27)22-18(7-11-34(22)32-24)16-5-6-19-17(12-16)4-3-9-29-19/h3-7,9,11-12,20-21H,8,10,13-14H2,1-2H3,(H,30,32)/t20-,25?/m1/s1. The number of carbonyl (C=O) groups is 1. The van der Waals surface area contributed by atoms with E-state index in [4.69, 9.17) is 4.74 Å². The van der Waals surface area contributed by atoms with Gasteiger partial charge in [0.2, 0.25) is 17.7 Å². The second-order valence-corrected chi connectivity index (χ2v) is 9.08. The predicted octanol–water partition coefficient (Wildman–Crippen LogP) is 4.35. The Morgan fingerprint density at radius 2 is 2.14 bits per heavy atom. The fraction of sp³-hybridized carbons (Fsp3) is 0.360. The van der Waals surface area contributed by atoms with E-state index in [2.05, 4.69) is 20.4 Å². The number of likely N-dealkylation sites (tertiary alicyclic amines) is 1. The molecule has 4 heterocycles. The molecule has 1 aliphatic rings. The first-order valence-corrected chi connectivity index (χ1v) is 11.6. The molecule has 4 aromatic rings. The van der Waals surface area contributed by atoms with Crippen molar-refractivity contribution in [1.29, 1.82) is 0 Å². The molecule has 0 spiro atoms. The highest BCUT2D eigenvalue weighted by Crippen LogP contribution is 2.34. The van der Waals surface area contributed by atoms with Crippen LogP contribution in [0.15, 0.2) is 48.8 Å². The molecule has 5 rings (SSSR count). The number of nitrogens with zero attached hydrogens (tertiary/aromatic N) is 5. The molecule has 36 heavy (non-hydrogen) atoms. The van der Waals surface area contributed by atoms with E-state index in [1.807, 2.05) is 30.3 Å². The summed E-state index contributed by atoms with van der Waals surface area (Å²) < 4.78 is 48.4. The van der Waals surface area contributed by atoms with Crippen molar-refractivity contribution in [2.45, 2.75) is 38.4 Å². The lowest BCUT2D eigenvalue weighted by molar-refractivity contribution is -0.132. The number of piperidine rings is 1. The number of amides is 1. The number of rotatable bonds is 6. The van der Waals surface area contributed by atoms with Crippen LogP contribution in [0.25, 0.3) is 27.5 Å². The summed E-state index contributed by atoms with van der Waals surface area (Å²) in [5.41, 5.74) is 1.01. The van der Waals surface area contributed by atoms with Gasteiger partial charge in [0, 0.05) is 36.8 Å². The maximum Gasteiger partial charge on any atom is 0.272 e. The second kappa shape index (κ2) is 9.29. The molecule has 1 amide bonds. The Kier molecular flexibility index (Phi) is 6.15. The van der Waals surface area contributed by atoms with E-state index in [1.54, 1.807) is 18.5 Å². The molecule has 1 saturated heterocycles. The van der Waals surface area contributed by atoms with Crippen LogP contribution in [0.1, 0.15) is 20.3 Å². The number of hydrogen-bond acceptors (Lipinski definition) is 6. The molecule has 1 N–H and O–H groups in total. The summed E-state index contributed by atoms with van der Waals surface area (Å²) in [6, 6.07) is 10.6. The van der Waals surface area contributed by atoms with Crippen LogP contribution >= 0.6 is 0 Å². The molecule has 1 aromatic carbocycles. The minimum absolute atomic E-state index is 0.0409. The van der Waals surface area contributed by atoms with Crippen molar-refractivity contribution in [2.24, 2.45) is 0 Å². The zero-order valence-corrected chi connectivity index (χ0v) is 19.8. The Hall–Kier alpha value is -3.89. The molecule has 1 fully saturated rings. The predicted molar refractivity (Wildman–Crippen MR) is 129 cm³/mol.